The Balaban J connectivity index is 2.89. The van der Waals surface area contributed by atoms with Gasteiger partial charge in [0, 0.05) is 5.56 Å². The average Bonchev–Trinajstić information content (AvgIpc) is 2.11. The number of aliphatic hydroxyl groups is 1. The molecule has 0 aliphatic carbocycles. The van der Waals surface area contributed by atoms with Gasteiger partial charge in [-0.05, 0) is 31.9 Å². The van der Waals surface area contributed by atoms with E-state index in [0.29, 0.717) is 6.42 Å². The molecule has 0 fully saturated rings. The van der Waals surface area contributed by atoms with Crippen LogP contribution >= 0.6 is 11.6 Å². The molecule has 0 aliphatic heterocycles. The van der Waals surface area contributed by atoms with Crippen LogP contribution in [-0.4, -0.2) is 11.2 Å². The summed E-state index contributed by atoms with van der Waals surface area (Å²) in [5.41, 5.74) is 0.132. The highest BCUT2D eigenvalue weighted by molar-refractivity contribution is 6.31. The molecule has 1 unspecified atom stereocenters. The Hall–Kier alpha value is -0.670. The van der Waals surface area contributed by atoms with E-state index in [0.717, 1.165) is 12.1 Å². The minimum Gasteiger partial charge on any atom is -0.393 e. The summed E-state index contributed by atoms with van der Waals surface area (Å²) in [6.07, 6.45) is 0.0499. The topological polar surface area (TPSA) is 20.2 Å². The van der Waals surface area contributed by atoms with Crippen molar-refractivity contribution in [1.82, 2.24) is 0 Å². The Morgan fingerprint density at radius 1 is 1.36 bits per heavy atom. The lowest BCUT2D eigenvalue weighted by atomic mass is 10.1. The van der Waals surface area contributed by atoms with Crippen LogP contribution in [0.2, 0.25) is 5.02 Å². The number of hydrogen-bond acceptors (Lipinski definition) is 1. The van der Waals surface area contributed by atoms with Gasteiger partial charge in [-0.25, -0.2) is 8.78 Å². The van der Waals surface area contributed by atoms with Gasteiger partial charge < -0.3 is 5.11 Å². The molecule has 0 aromatic heterocycles. The first-order chi connectivity index (χ1) is 6.52. The molecular weight excluding hydrogens is 210 g/mol. The van der Waals surface area contributed by atoms with Gasteiger partial charge in [-0.1, -0.05) is 11.6 Å². The van der Waals surface area contributed by atoms with Gasteiger partial charge in [0.1, 0.15) is 11.6 Å². The van der Waals surface area contributed by atoms with E-state index in [2.05, 4.69) is 0 Å². The van der Waals surface area contributed by atoms with Crippen molar-refractivity contribution in [3.05, 3.63) is 34.4 Å². The van der Waals surface area contributed by atoms with Gasteiger partial charge in [-0.15, -0.1) is 0 Å². The van der Waals surface area contributed by atoms with Crippen LogP contribution in [0.5, 0.6) is 0 Å². The number of benzene rings is 1. The number of halogens is 3. The van der Waals surface area contributed by atoms with Crippen molar-refractivity contribution in [1.29, 1.82) is 0 Å². The molecule has 0 aliphatic rings. The molecule has 1 rings (SSSR count). The van der Waals surface area contributed by atoms with Gasteiger partial charge in [0.15, 0.2) is 0 Å². The highest BCUT2D eigenvalue weighted by Gasteiger charge is 2.12. The monoisotopic (exact) mass is 220 g/mol. The van der Waals surface area contributed by atoms with E-state index in [-0.39, 0.29) is 17.0 Å². The van der Waals surface area contributed by atoms with Gasteiger partial charge in [-0.2, -0.15) is 0 Å². The molecule has 1 N–H and O–H groups in total. The lowest BCUT2D eigenvalue weighted by Crippen LogP contribution is -2.04. The third-order valence-electron chi connectivity index (χ3n) is 1.95. The van der Waals surface area contributed by atoms with E-state index >= 15 is 0 Å². The largest absolute Gasteiger partial charge is 0.393 e. The summed E-state index contributed by atoms with van der Waals surface area (Å²) < 4.78 is 26.1. The van der Waals surface area contributed by atoms with E-state index in [1.807, 2.05) is 0 Å². The predicted molar refractivity (Wildman–Crippen MR) is 51.4 cm³/mol. The summed E-state index contributed by atoms with van der Waals surface area (Å²) >= 11 is 5.59. The zero-order chi connectivity index (χ0) is 10.7. The molecule has 1 nitrogen and oxygen atoms in total. The van der Waals surface area contributed by atoms with Crippen molar-refractivity contribution in [3.63, 3.8) is 0 Å². The summed E-state index contributed by atoms with van der Waals surface area (Å²) in [5.74, 6) is -1.16. The van der Waals surface area contributed by atoms with Gasteiger partial charge in [0.25, 0.3) is 0 Å². The van der Waals surface area contributed by atoms with Crippen molar-refractivity contribution in [2.75, 3.05) is 0 Å². The van der Waals surface area contributed by atoms with Gasteiger partial charge in [0.2, 0.25) is 0 Å². The van der Waals surface area contributed by atoms with E-state index in [1.54, 1.807) is 6.92 Å². The summed E-state index contributed by atoms with van der Waals surface area (Å²) in [6.45, 7) is 1.59. The molecule has 0 saturated heterocycles. The first kappa shape index (κ1) is 11.4. The molecule has 0 bridgehead atoms. The Bertz CT molecular complexity index is 326. The molecule has 4 heteroatoms. The van der Waals surface area contributed by atoms with Crippen LogP contribution in [0.3, 0.4) is 0 Å². The zero-order valence-corrected chi connectivity index (χ0v) is 8.48. The van der Waals surface area contributed by atoms with Crippen LogP contribution in [0.15, 0.2) is 12.1 Å². The third-order valence-corrected chi connectivity index (χ3v) is 2.36. The van der Waals surface area contributed by atoms with E-state index in [1.165, 1.54) is 0 Å². The fourth-order valence-corrected chi connectivity index (χ4v) is 1.40. The van der Waals surface area contributed by atoms with Crippen LogP contribution in [-0.2, 0) is 6.42 Å². The molecule has 0 amide bonds. The van der Waals surface area contributed by atoms with Crippen molar-refractivity contribution >= 4 is 11.6 Å². The predicted octanol–water partition coefficient (Wildman–Crippen LogP) is 2.93. The summed E-state index contributed by atoms with van der Waals surface area (Å²) in [5, 5.41) is 8.82. The number of hydrogen-bond donors (Lipinski definition) is 1. The first-order valence-electron chi connectivity index (χ1n) is 4.32. The molecular formula is C10H11ClF2O. The Labute approximate surface area is 86.3 Å². The van der Waals surface area contributed by atoms with E-state index < -0.39 is 17.7 Å². The quantitative estimate of drug-likeness (QED) is 0.777. The molecule has 14 heavy (non-hydrogen) atoms. The fraction of sp³-hybridized carbons (Fsp3) is 0.400. The number of rotatable bonds is 3. The van der Waals surface area contributed by atoms with Crippen molar-refractivity contribution in [3.8, 4) is 0 Å². The maximum atomic E-state index is 13.1. The maximum absolute atomic E-state index is 13.1. The first-order valence-corrected chi connectivity index (χ1v) is 4.70. The highest BCUT2D eigenvalue weighted by atomic mass is 35.5. The zero-order valence-electron chi connectivity index (χ0n) is 7.73. The third kappa shape index (κ3) is 2.66. The van der Waals surface area contributed by atoms with Gasteiger partial charge in [0.05, 0.1) is 11.1 Å². The molecule has 1 aromatic rings. The Kier molecular flexibility index (Phi) is 3.84. The molecule has 1 aromatic carbocycles. The van der Waals surface area contributed by atoms with Crippen molar-refractivity contribution in [2.24, 2.45) is 0 Å². The summed E-state index contributed by atoms with van der Waals surface area (Å²) in [7, 11) is 0. The summed E-state index contributed by atoms with van der Waals surface area (Å²) in [6, 6.07) is 2.03. The molecule has 1 atom stereocenters. The normalized spacial score (nSPS) is 12.9. The minimum absolute atomic E-state index is 0.132. The van der Waals surface area contributed by atoms with Crippen LogP contribution in [0.25, 0.3) is 0 Å². The minimum atomic E-state index is -0.631. The fourth-order valence-electron chi connectivity index (χ4n) is 1.15. The van der Waals surface area contributed by atoms with E-state index in [9.17, 15) is 8.78 Å². The van der Waals surface area contributed by atoms with Gasteiger partial charge in [-0.3, -0.25) is 0 Å². The Morgan fingerprint density at radius 2 is 1.93 bits per heavy atom. The standard InChI is InChI=1S/C10H11ClF2O/c1-6(14)2-3-7-8(12)4-5-9(13)10(7)11/h4-6,14H,2-3H2,1H3. The summed E-state index contributed by atoms with van der Waals surface area (Å²) in [4.78, 5) is 0. The molecule has 0 radical (unpaired) electrons. The SMILES string of the molecule is CC(O)CCc1c(F)ccc(F)c1Cl. The van der Waals surface area contributed by atoms with Crippen LogP contribution in [0, 0.1) is 11.6 Å². The van der Waals surface area contributed by atoms with Crippen molar-refractivity contribution in [2.45, 2.75) is 25.9 Å². The molecule has 0 heterocycles. The van der Waals surface area contributed by atoms with Crippen LogP contribution in [0.4, 0.5) is 8.78 Å². The molecule has 0 spiro atoms. The molecule has 78 valence electrons. The lowest BCUT2D eigenvalue weighted by Gasteiger charge is -2.07. The van der Waals surface area contributed by atoms with Crippen LogP contribution < -0.4 is 0 Å². The second-order valence-corrected chi connectivity index (χ2v) is 3.59. The molecule has 0 saturated carbocycles. The lowest BCUT2D eigenvalue weighted by molar-refractivity contribution is 0.184. The second kappa shape index (κ2) is 4.71. The van der Waals surface area contributed by atoms with E-state index in [4.69, 9.17) is 16.7 Å². The average molecular weight is 221 g/mol. The number of aliphatic hydroxyl groups excluding tert-OH is 1. The van der Waals surface area contributed by atoms with Crippen molar-refractivity contribution < 1.29 is 13.9 Å². The van der Waals surface area contributed by atoms with Crippen LogP contribution in [0.1, 0.15) is 18.9 Å². The highest BCUT2D eigenvalue weighted by Crippen LogP contribution is 2.24. The Morgan fingerprint density at radius 3 is 2.50 bits per heavy atom. The second-order valence-electron chi connectivity index (χ2n) is 3.21. The maximum Gasteiger partial charge on any atom is 0.142 e. The smallest absolute Gasteiger partial charge is 0.142 e. The van der Waals surface area contributed by atoms with Gasteiger partial charge >= 0.3 is 0 Å².